The molecule has 0 aliphatic carbocycles. The van der Waals surface area contributed by atoms with Crippen LogP contribution >= 0.6 is 12.4 Å². The third-order valence-corrected chi connectivity index (χ3v) is 4.88. The van der Waals surface area contributed by atoms with Crippen LogP contribution in [0.4, 0.5) is 0 Å². The maximum Gasteiger partial charge on any atom is 0.222 e. The molecule has 1 saturated heterocycles. The van der Waals surface area contributed by atoms with Gasteiger partial charge < -0.3 is 10.2 Å². The minimum Gasteiger partial charge on any atom is -0.341 e. The fourth-order valence-corrected chi connectivity index (χ4v) is 3.39. The molecular weight excluding hydrogens is 320 g/mol. The Bertz CT molecular complexity index is 667. The van der Waals surface area contributed by atoms with Gasteiger partial charge in [-0.1, -0.05) is 36.4 Å². The van der Waals surface area contributed by atoms with E-state index in [9.17, 15) is 4.79 Å². The van der Waals surface area contributed by atoms with Crippen LogP contribution < -0.4 is 5.32 Å². The summed E-state index contributed by atoms with van der Waals surface area (Å²) >= 11 is 0. The number of benzene rings is 2. The highest BCUT2D eigenvalue weighted by molar-refractivity contribution is 5.85. The number of carbonyl (C=O) groups excluding carboxylic acids is 1. The molecule has 1 aliphatic rings. The van der Waals surface area contributed by atoms with E-state index in [-0.39, 0.29) is 18.3 Å². The zero-order valence-electron chi connectivity index (χ0n) is 14.3. The Labute approximate surface area is 150 Å². The fraction of sp³-hybridized carbons (Fsp3) is 0.450. The minimum atomic E-state index is 0. The number of halogens is 1. The van der Waals surface area contributed by atoms with E-state index in [2.05, 4.69) is 47.8 Å². The first kappa shape index (κ1) is 18.8. The van der Waals surface area contributed by atoms with E-state index >= 15 is 0 Å². The summed E-state index contributed by atoms with van der Waals surface area (Å²) in [6.45, 7) is 2.90. The Hall–Kier alpha value is -1.58. The quantitative estimate of drug-likeness (QED) is 0.887. The van der Waals surface area contributed by atoms with Gasteiger partial charge in [0.25, 0.3) is 0 Å². The maximum absolute atomic E-state index is 12.4. The van der Waals surface area contributed by atoms with E-state index in [0.29, 0.717) is 18.9 Å². The van der Waals surface area contributed by atoms with Crippen molar-refractivity contribution < 1.29 is 4.79 Å². The zero-order chi connectivity index (χ0) is 16.1. The van der Waals surface area contributed by atoms with E-state index in [0.717, 1.165) is 19.5 Å². The molecule has 0 radical (unpaired) electrons. The summed E-state index contributed by atoms with van der Waals surface area (Å²) in [5.74, 6) is 0.978. The molecule has 1 fully saturated rings. The van der Waals surface area contributed by atoms with E-state index in [1.807, 2.05) is 11.9 Å². The molecule has 0 saturated carbocycles. The Balaban J connectivity index is 0.00000208. The van der Waals surface area contributed by atoms with Crippen molar-refractivity contribution in [1.29, 1.82) is 0 Å². The van der Waals surface area contributed by atoms with Gasteiger partial charge in [-0.15, -0.1) is 12.4 Å². The Morgan fingerprint density at radius 1 is 1.12 bits per heavy atom. The third-order valence-electron chi connectivity index (χ3n) is 4.88. The topological polar surface area (TPSA) is 32.3 Å². The number of amides is 1. The standard InChI is InChI=1S/C20H26N2O.ClH/c1-22(20(23)9-7-16-10-12-21-13-11-16)15-17-6-8-18-4-2-3-5-19(18)14-17;/h2-6,8,14,16,21H,7,9-13,15H2,1H3;1H. The van der Waals surface area contributed by atoms with E-state index < -0.39 is 0 Å². The molecule has 1 amide bonds. The average molecular weight is 347 g/mol. The van der Waals surface area contributed by atoms with Gasteiger partial charge in [-0.05, 0) is 60.7 Å². The Morgan fingerprint density at radius 2 is 1.83 bits per heavy atom. The first-order valence-electron chi connectivity index (χ1n) is 8.65. The number of hydrogen-bond acceptors (Lipinski definition) is 2. The number of hydrogen-bond donors (Lipinski definition) is 1. The molecule has 3 nitrogen and oxygen atoms in total. The molecule has 2 aromatic carbocycles. The van der Waals surface area contributed by atoms with Crippen molar-refractivity contribution in [3.8, 4) is 0 Å². The number of nitrogens with one attached hydrogen (secondary N) is 1. The van der Waals surface area contributed by atoms with Crippen LogP contribution in [0.15, 0.2) is 42.5 Å². The summed E-state index contributed by atoms with van der Waals surface area (Å²) in [7, 11) is 1.92. The van der Waals surface area contributed by atoms with Gasteiger partial charge in [0.1, 0.15) is 0 Å². The van der Waals surface area contributed by atoms with Crippen LogP contribution in [0.3, 0.4) is 0 Å². The highest BCUT2D eigenvalue weighted by Gasteiger charge is 2.16. The van der Waals surface area contributed by atoms with Gasteiger partial charge >= 0.3 is 0 Å². The molecule has 0 bridgehead atoms. The van der Waals surface area contributed by atoms with Crippen LogP contribution in [0.5, 0.6) is 0 Å². The van der Waals surface area contributed by atoms with Crippen LogP contribution in [-0.2, 0) is 11.3 Å². The molecular formula is C20H27ClN2O. The lowest BCUT2D eigenvalue weighted by molar-refractivity contribution is -0.130. The normalized spacial score (nSPS) is 15.0. The highest BCUT2D eigenvalue weighted by Crippen LogP contribution is 2.19. The summed E-state index contributed by atoms with van der Waals surface area (Å²) in [6, 6.07) is 14.8. The van der Waals surface area contributed by atoms with Crippen molar-refractivity contribution in [2.45, 2.75) is 32.2 Å². The SMILES string of the molecule is CN(Cc1ccc2ccccc2c1)C(=O)CCC1CCNCC1.Cl. The van der Waals surface area contributed by atoms with Crippen molar-refractivity contribution in [3.05, 3.63) is 48.0 Å². The predicted molar refractivity (Wildman–Crippen MR) is 102 cm³/mol. The summed E-state index contributed by atoms with van der Waals surface area (Å²) in [6.07, 6.45) is 4.13. The zero-order valence-corrected chi connectivity index (χ0v) is 15.1. The van der Waals surface area contributed by atoms with Crippen LogP contribution in [0.25, 0.3) is 10.8 Å². The molecule has 0 aromatic heterocycles. The monoisotopic (exact) mass is 346 g/mol. The molecule has 0 spiro atoms. The lowest BCUT2D eigenvalue weighted by atomic mass is 9.93. The number of piperidine rings is 1. The second-order valence-electron chi connectivity index (χ2n) is 6.66. The molecule has 3 rings (SSSR count). The molecule has 1 N–H and O–H groups in total. The smallest absolute Gasteiger partial charge is 0.222 e. The summed E-state index contributed by atoms with van der Waals surface area (Å²) < 4.78 is 0. The van der Waals surface area contributed by atoms with Crippen LogP contribution in [0.2, 0.25) is 0 Å². The van der Waals surface area contributed by atoms with E-state index in [4.69, 9.17) is 0 Å². The van der Waals surface area contributed by atoms with Gasteiger partial charge in [0.2, 0.25) is 5.91 Å². The maximum atomic E-state index is 12.4. The van der Waals surface area contributed by atoms with Gasteiger partial charge in [0.05, 0.1) is 0 Å². The molecule has 0 atom stereocenters. The van der Waals surface area contributed by atoms with E-state index in [1.54, 1.807) is 0 Å². The van der Waals surface area contributed by atoms with Crippen molar-refractivity contribution in [1.82, 2.24) is 10.2 Å². The molecule has 24 heavy (non-hydrogen) atoms. The molecule has 130 valence electrons. The van der Waals surface area contributed by atoms with Crippen molar-refractivity contribution in [2.24, 2.45) is 5.92 Å². The van der Waals surface area contributed by atoms with Crippen LogP contribution in [0.1, 0.15) is 31.2 Å². The molecule has 1 heterocycles. The van der Waals surface area contributed by atoms with Gasteiger partial charge in [-0.2, -0.15) is 0 Å². The molecule has 4 heteroatoms. The Morgan fingerprint density at radius 3 is 2.58 bits per heavy atom. The third kappa shape index (κ3) is 4.96. The highest BCUT2D eigenvalue weighted by atomic mass is 35.5. The molecule has 1 aliphatic heterocycles. The van der Waals surface area contributed by atoms with Crippen LogP contribution in [0, 0.1) is 5.92 Å². The average Bonchev–Trinajstić information content (AvgIpc) is 2.60. The fourth-order valence-electron chi connectivity index (χ4n) is 3.39. The number of rotatable bonds is 5. The molecule has 2 aromatic rings. The van der Waals surface area contributed by atoms with Gasteiger partial charge in [0.15, 0.2) is 0 Å². The largest absolute Gasteiger partial charge is 0.341 e. The number of nitrogens with zero attached hydrogens (tertiary/aromatic N) is 1. The summed E-state index contributed by atoms with van der Waals surface area (Å²) in [5.41, 5.74) is 1.20. The number of carbonyl (C=O) groups is 1. The van der Waals surface area contributed by atoms with E-state index in [1.165, 1.54) is 29.2 Å². The van der Waals surface area contributed by atoms with Crippen molar-refractivity contribution in [3.63, 3.8) is 0 Å². The second kappa shape index (κ2) is 9.05. The summed E-state index contributed by atoms with van der Waals surface area (Å²) in [4.78, 5) is 14.2. The predicted octanol–water partition coefficient (Wildman–Crippen LogP) is 4.00. The van der Waals surface area contributed by atoms with Gasteiger partial charge in [-0.25, -0.2) is 0 Å². The lowest BCUT2D eigenvalue weighted by Gasteiger charge is -2.23. The summed E-state index contributed by atoms with van der Waals surface area (Å²) in [5, 5.41) is 5.86. The van der Waals surface area contributed by atoms with Gasteiger partial charge in [-0.3, -0.25) is 4.79 Å². The van der Waals surface area contributed by atoms with Crippen LogP contribution in [-0.4, -0.2) is 30.9 Å². The number of fused-ring (bicyclic) bond motifs is 1. The lowest BCUT2D eigenvalue weighted by Crippen LogP contribution is -2.30. The van der Waals surface area contributed by atoms with Crippen molar-refractivity contribution in [2.75, 3.05) is 20.1 Å². The molecule has 0 unspecified atom stereocenters. The Kier molecular flexibility index (Phi) is 7.07. The first-order valence-corrected chi connectivity index (χ1v) is 8.65. The second-order valence-corrected chi connectivity index (χ2v) is 6.66. The first-order chi connectivity index (χ1) is 11.2. The van der Waals surface area contributed by atoms with Crippen molar-refractivity contribution >= 4 is 29.1 Å². The minimum absolute atomic E-state index is 0. The van der Waals surface area contributed by atoms with Gasteiger partial charge in [0, 0.05) is 20.0 Å².